The van der Waals surface area contributed by atoms with Crippen molar-refractivity contribution in [2.45, 2.75) is 62.9 Å². The van der Waals surface area contributed by atoms with Crippen LogP contribution in [0, 0.1) is 5.82 Å². The maximum absolute atomic E-state index is 13.7. The Kier molecular flexibility index (Phi) is 9.64. The maximum atomic E-state index is 13.7. The van der Waals surface area contributed by atoms with E-state index in [1.165, 1.54) is 30.4 Å². The molecule has 2 aromatic carbocycles. The van der Waals surface area contributed by atoms with E-state index in [1.54, 1.807) is 13.8 Å². The van der Waals surface area contributed by atoms with Gasteiger partial charge in [0.2, 0.25) is 5.91 Å². The Labute approximate surface area is 240 Å². The second kappa shape index (κ2) is 12.1. The Morgan fingerprint density at radius 3 is 2.24 bits per heavy atom. The fourth-order valence-electron chi connectivity index (χ4n) is 4.48. The van der Waals surface area contributed by atoms with Crippen LogP contribution in [0.15, 0.2) is 53.0 Å². The number of carbonyl (C=O) groups is 2. The van der Waals surface area contributed by atoms with Gasteiger partial charge in [-0.2, -0.15) is 26.3 Å². The minimum absolute atomic E-state index is 0.00684. The molecule has 1 aliphatic rings. The molecule has 1 aliphatic heterocycles. The van der Waals surface area contributed by atoms with Crippen molar-refractivity contribution < 1.29 is 50.2 Å². The average Bonchev–Trinajstić information content (AvgIpc) is 2.88. The third kappa shape index (κ3) is 6.45. The molecule has 0 bridgehead atoms. The molecule has 5 nitrogen and oxygen atoms in total. The summed E-state index contributed by atoms with van der Waals surface area (Å²) >= 11 is 3.09. The first kappa shape index (κ1) is 32.6. The predicted octanol–water partition coefficient (Wildman–Crippen LogP) is 6.89. The van der Waals surface area contributed by atoms with Gasteiger partial charge in [-0.3, -0.25) is 14.5 Å². The van der Waals surface area contributed by atoms with Crippen LogP contribution in [0.2, 0.25) is 0 Å². The maximum Gasteiger partial charge on any atom is 0.430 e. The number of nitrogens with zero attached hydrogens (tertiary/aromatic N) is 1. The number of imide groups is 1. The number of benzene rings is 2. The molecular weight excluding hydrogens is 627 g/mol. The van der Waals surface area contributed by atoms with Gasteiger partial charge in [-0.25, -0.2) is 4.39 Å². The van der Waals surface area contributed by atoms with Crippen LogP contribution in [0.1, 0.15) is 49.8 Å². The number of carbonyl (C=O) groups excluding carboxylic acids is 2. The van der Waals surface area contributed by atoms with Gasteiger partial charge < -0.3 is 9.84 Å². The highest BCUT2D eigenvalue weighted by Crippen LogP contribution is 2.50. The zero-order valence-electron chi connectivity index (χ0n) is 22.0. The number of hydrogen-bond donors (Lipinski definition) is 1. The number of aliphatic hydroxyl groups is 1. The fourth-order valence-corrected chi connectivity index (χ4v) is 4.86. The zero-order valence-corrected chi connectivity index (χ0v) is 23.6. The van der Waals surface area contributed by atoms with Gasteiger partial charge in [-0.05, 0) is 77.5 Å². The third-order valence-electron chi connectivity index (χ3n) is 6.89. The van der Waals surface area contributed by atoms with Gasteiger partial charge in [-0.1, -0.05) is 31.6 Å². The molecular formula is C28H27BrF7NO4. The highest BCUT2D eigenvalue weighted by atomic mass is 79.9. The summed E-state index contributed by atoms with van der Waals surface area (Å²) in [5.74, 6) is -1.49. The molecule has 0 spiro atoms. The molecule has 1 heterocycles. The minimum Gasteiger partial charge on any atom is -0.493 e. The van der Waals surface area contributed by atoms with E-state index in [1.807, 2.05) is 0 Å². The standard InChI is InChI=1S/C28H27BrF7NO4/c1-3-6-17-15-19(26(40,27(31,32)33)28(34,35)36)8-10-22(17)41-14-5-4-13-37-23(38)11-12-25(2,24(37)39)18-7-9-21(30)20(29)16-18/h7-12,15-16,40H,3-6,13-14H2,1-2H3. The summed E-state index contributed by atoms with van der Waals surface area (Å²) in [6.07, 6.45) is -8.23. The van der Waals surface area contributed by atoms with Crippen LogP contribution in [0.4, 0.5) is 30.7 Å². The highest BCUT2D eigenvalue weighted by molar-refractivity contribution is 9.10. The first-order valence-corrected chi connectivity index (χ1v) is 13.4. The van der Waals surface area contributed by atoms with Crippen molar-refractivity contribution in [1.29, 1.82) is 0 Å². The van der Waals surface area contributed by atoms with Gasteiger partial charge >= 0.3 is 12.4 Å². The normalized spacial score (nSPS) is 18.3. The molecule has 41 heavy (non-hydrogen) atoms. The number of hydrogen-bond acceptors (Lipinski definition) is 4. The number of unbranched alkanes of at least 4 members (excludes halogenated alkanes) is 1. The van der Waals surface area contributed by atoms with Crippen LogP contribution in [0.3, 0.4) is 0 Å². The Morgan fingerprint density at radius 2 is 1.66 bits per heavy atom. The van der Waals surface area contributed by atoms with E-state index in [-0.39, 0.29) is 41.8 Å². The number of rotatable bonds is 10. The van der Waals surface area contributed by atoms with Gasteiger partial charge in [0, 0.05) is 18.2 Å². The molecule has 0 radical (unpaired) electrons. The van der Waals surface area contributed by atoms with Crippen LogP contribution in [0.5, 0.6) is 5.75 Å². The zero-order chi connectivity index (χ0) is 30.8. The molecule has 0 aliphatic carbocycles. The fraction of sp³-hybridized carbons (Fsp3) is 0.429. The summed E-state index contributed by atoms with van der Waals surface area (Å²) in [6.45, 7) is 3.29. The predicted molar refractivity (Wildman–Crippen MR) is 138 cm³/mol. The lowest BCUT2D eigenvalue weighted by molar-refractivity contribution is -0.376. The number of ether oxygens (including phenoxy) is 1. The van der Waals surface area contributed by atoms with Crippen LogP contribution >= 0.6 is 15.9 Å². The first-order chi connectivity index (χ1) is 19.0. The monoisotopic (exact) mass is 653 g/mol. The molecule has 1 atom stereocenters. The molecule has 0 saturated carbocycles. The topological polar surface area (TPSA) is 66.8 Å². The third-order valence-corrected chi connectivity index (χ3v) is 7.49. The van der Waals surface area contributed by atoms with Gasteiger partial charge in [0.15, 0.2) is 0 Å². The van der Waals surface area contributed by atoms with Crippen molar-refractivity contribution in [2.75, 3.05) is 13.2 Å². The molecule has 0 aromatic heterocycles. The van der Waals surface area contributed by atoms with Gasteiger partial charge in [0.1, 0.15) is 11.6 Å². The van der Waals surface area contributed by atoms with E-state index in [9.17, 15) is 45.4 Å². The van der Waals surface area contributed by atoms with E-state index in [2.05, 4.69) is 15.9 Å². The number of halogens is 8. The Bertz CT molecular complexity index is 1310. The molecule has 0 fully saturated rings. The van der Waals surface area contributed by atoms with Crippen molar-refractivity contribution in [2.24, 2.45) is 0 Å². The number of aryl methyl sites for hydroxylation is 1. The number of alkyl halides is 6. The lowest BCUT2D eigenvalue weighted by atomic mass is 9.79. The Balaban J connectivity index is 1.68. The van der Waals surface area contributed by atoms with Gasteiger partial charge in [0.25, 0.3) is 11.5 Å². The highest BCUT2D eigenvalue weighted by Gasteiger charge is 2.71. The molecule has 2 amide bonds. The summed E-state index contributed by atoms with van der Waals surface area (Å²) in [5, 5.41) is 9.71. The second-order valence-electron chi connectivity index (χ2n) is 9.79. The smallest absolute Gasteiger partial charge is 0.430 e. The summed E-state index contributed by atoms with van der Waals surface area (Å²) < 4.78 is 99.3. The summed E-state index contributed by atoms with van der Waals surface area (Å²) in [5.41, 5.74) is -7.08. The van der Waals surface area contributed by atoms with Crippen molar-refractivity contribution in [3.05, 3.63) is 75.5 Å². The SMILES string of the molecule is CCCc1cc(C(O)(C(F)(F)F)C(F)(F)F)ccc1OCCCCN1C(=O)C=CC(C)(c2ccc(F)c(Br)c2)C1=O. The lowest BCUT2D eigenvalue weighted by Crippen LogP contribution is -2.53. The van der Waals surface area contributed by atoms with Crippen molar-refractivity contribution >= 4 is 27.7 Å². The summed E-state index contributed by atoms with van der Waals surface area (Å²) in [6, 6.07) is 6.25. The molecule has 2 aromatic rings. The summed E-state index contributed by atoms with van der Waals surface area (Å²) in [7, 11) is 0. The molecule has 1 N–H and O–H groups in total. The molecule has 13 heteroatoms. The molecule has 1 unspecified atom stereocenters. The van der Waals surface area contributed by atoms with Crippen molar-refractivity contribution in [3.63, 3.8) is 0 Å². The molecule has 3 rings (SSSR count). The van der Waals surface area contributed by atoms with E-state index in [4.69, 9.17) is 4.74 Å². The van der Waals surface area contributed by atoms with E-state index >= 15 is 0 Å². The van der Waals surface area contributed by atoms with Crippen LogP contribution < -0.4 is 4.74 Å². The van der Waals surface area contributed by atoms with E-state index < -0.39 is 46.6 Å². The molecule has 224 valence electrons. The largest absolute Gasteiger partial charge is 0.493 e. The Hall–Kier alpha value is -2.93. The van der Waals surface area contributed by atoms with Crippen LogP contribution in [0.25, 0.3) is 0 Å². The second-order valence-corrected chi connectivity index (χ2v) is 10.6. The lowest BCUT2D eigenvalue weighted by Gasteiger charge is -2.34. The van der Waals surface area contributed by atoms with Gasteiger partial charge in [-0.15, -0.1) is 0 Å². The van der Waals surface area contributed by atoms with Crippen LogP contribution in [-0.4, -0.2) is 47.3 Å². The van der Waals surface area contributed by atoms with Crippen LogP contribution in [-0.2, 0) is 27.0 Å². The Morgan fingerprint density at radius 1 is 1.00 bits per heavy atom. The molecule has 0 saturated heterocycles. The van der Waals surface area contributed by atoms with E-state index in [0.29, 0.717) is 30.5 Å². The quantitative estimate of drug-likeness (QED) is 0.172. The van der Waals surface area contributed by atoms with E-state index in [0.717, 1.165) is 11.0 Å². The number of amides is 2. The van der Waals surface area contributed by atoms with Gasteiger partial charge in [0.05, 0.1) is 16.5 Å². The summed E-state index contributed by atoms with van der Waals surface area (Å²) in [4.78, 5) is 26.7. The minimum atomic E-state index is -6.00. The van der Waals surface area contributed by atoms with Crippen molar-refractivity contribution in [3.8, 4) is 5.75 Å². The van der Waals surface area contributed by atoms with Crippen molar-refractivity contribution in [1.82, 2.24) is 4.90 Å². The average molecular weight is 654 g/mol. The first-order valence-electron chi connectivity index (χ1n) is 12.6.